The van der Waals surface area contributed by atoms with Crippen LogP contribution in [0.3, 0.4) is 0 Å². The van der Waals surface area contributed by atoms with Crippen molar-refractivity contribution in [2.24, 2.45) is 5.73 Å². The van der Waals surface area contributed by atoms with E-state index in [0.717, 1.165) is 24.8 Å². The molecule has 1 aliphatic rings. The lowest BCUT2D eigenvalue weighted by Crippen LogP contribution is -2.22. The van der Waals surface area contributed by atoms with Crippen molar-refractivity contribution in [3.8, 4) is 5.75 Å². The van der Waals surface area contributed by atoms with Crippen molar-refractivity contribution >= 4 is 0 Å². The fraction of sp³-hybridized carbons (Fsp3) is 0.455. The smallest absolute Gasteiger partial charge is 0.165 e. The summed E-state index contributed by atoms with van der Waals surface area (Å²) in [6.45, 7) is 0. The normalized spacial score (nSPS) is 26.7. The molecule has 0 aliphatic heterocycles. The van der Waals surface area contributed by atoms with Crippen molar-refractivity contribution < 1.29 is 9.50 Å². The Hall–Kier alpha value is -1.09. The largest absolute Gasteiger partial charge is 0.505 e. The van der Waals surface area contributed by atoms with Crippen LogP contribution in [0.15, 0.2) is 18.2 Å². The number of hydrogen-bond acceptors (Lipinski definition) is 2. The lowest BCUT2D eigenvalue weighted by molar-refractivity contribution is 0.431. The van der Waals surface area contributed by atoms with Gasteiger partial charge in [-0.15, -0.1) is 0 Å². The van der Waals surface area contributed by atoms with E-state index in [0.29, 0.717) is 0 Å². The summed E-state index contributed by atoms with van der Waals surface area (Å²) in [5, 5.41) is 9.05. The van der Waals surface area contributed by atoms with Gasteiger partial charge in [0, 0.05) is 6.04 Å². The van der Waals surface area contributed by atoms with Crippen molar-refractivity contribution in [1.82, 2.24) is 0 Å². The topological polar surface area (TPSA) is 46.2 Å². The third-order valence-corrected chi connectivity index (χ3v) is 2.97. The molecular weight excluding hydrogens is 181 g/mol. The van der Waals surface area contributed by atoms with Crippen molar-refractivity contribution in [2.45, 2.75) is 31.2 Å². The second-order valence-corrected chi connectivity index (χ2v) is 3.91. The molecule has 0 bridgehead atoms. The quantitative estimate of drug-likeness (QED) is 0.721. The molecule has 0 spiro atoms. The first kappa shape index (κ1) is 9.46. The predicted octanol–water partition coefficient (Wildman–Crippen LogP) is 2.13. The summed E-state index contributed by atoms with van der Waals surface area (Å²) in [5.74, 6) is -0.591. The number of nitrogens with two attached hydrogens (primary N) is 1. The predicted molar refractivity (Wildman–Crippen MR) is 52.6 cm³/mol. The monoisotopic (exact) mass is 195 g/mol. The van der Waals surface area contributed by atoms with Gasteiger partial charge in [0.2, 0.25) is 0 Å². The third-order valence-electron chi connectivity index (χ3n) is 2.97. The van der Waals surface area contributed by atoms with Crippen molar-refractivity contribution in [3.05, 3.63) is 29.6 Å². The lowest BCUT2D eigenvalue weighted by atomic mass is 9.94. The molecule has 3 heteroatoms. The highest BCUT2D eigenvalue weighted by molar-refractivity contribution is 5.31. The zero-order valence-corrected chi connectivity index (χ0v) is 7.91. The van der Waals surface area contributed by atoms with Gasteiger partial charge < -0.3 is 10.8 Å². The molecule has 0 saturated heterocycles. The fourth-order valence-corrected chi connectivity index (χ4v) is 2.16. The zero-order valence-electron chi connectivity index (χ0n) is 7.91. The molecule has 3 N–H and O–H groups in total. The van der Waals surface area contributed by atoms with Crippen LogP contribution in [0.4, 0.5) is 4.39 Å². The number of phenols is 1. The highest BCUT2D eigenvalue weighted by atomic mass is 19.1. The van der Waals surface area contributed by atoms with Gasteiger partial charge in [-0.3, -0.25) is 0 Å². The molecule has 76 valence electrons. The van der Waals surface area contributed by atoms with E-state index in [2.05, 4.69) is 0 Å². The van der Waals surface area contributed by atoms with E-state index in [1.165, 1.54) is 12.1 Å². The summed E-state index contributed by atoms with van der Waals surface area (Å²) in [5.41, 5.74) is 6.82. The van der Waals surface area contributed by atoms with E-state index in [1.807, 2.05) is 0 Å². The molecule has 2 rings (SSSR count). The summed E-state index contributed by atoms with van der Waals surface area (Å²) < 4.78 is 13.1. The Bertz CT molecular complexity index is 340. The molecule has 2 nitrogen and oxygen atoms in total. The third kappa shape index (κ3) is 1.60. The van der Waals surface area contributed by atoms with E-state index in [1.54, 1.807) is 6.07 Å². The van der Waals surface area contributed by atoms with Crippen LogP contribution in [-0.2, 0) is 0 Å². The first-order valence-electron chi connectivity index (χ1n) is 4.92. The van der Waals surface area contributed by atoms with Gasteiger partial charge in [0.1, 0.15) is 0 Å². The molecule has 1 aromatic rings. The minimum Gasteiger partial charge on any atom is -0.505 e. The zero-order chi connectivity index (χ0) is 10.1. The van der Waals surface area contributed by atoms with Crippen LogP contribution in [0.1, 0.15) is 30.7 Å². The SMILES string of the molecule is NC1CCCC1c1ccc(O)c(F)c1. The maximum absolute atomic E-state index is 13.1. The van der Waals surface area contributed by atoms with Gasteiger partial charge in [-0.05, 0) is 36.5 Å². The molecular formula is C11H14FNO. The average molecular weight is 195 g/mol. The summed E-state index contributed by atoms with van der Waals surface area (Å²) in [6, 6.07) is 4.69. The molecule has 0 heterocycles. The Kier molecular flexibility index (Phi) is 2.42. The van der Waals surface area contributed by atoms with E-state index in [-0.39, 0.29) is 17.7 Å². The van der Waals surface area contributed by atoms with Crippen LogP contribution in [-0.4, -0.2) is 11.1 Å². The summed E-state index contributed by atoms with van der Waals surface area (Å²) in [7, 11) is 0. The van der Waals surface area contributed by atoms with Crippen molar-refractivity contribution in [1.29, 1.82) is 0 Å². The lowest BCUT2D eigenvalue weighted by Gasteiger charge is -2.15. The highest BCUT2D eigenvalue weighted by Gasteiger charge is 2.25. The van der Waals surface area contributed by atoms with Gasteiger partial charge in [0.25, 0.3) is 0 Å². The Morgan fingerprint density at radius 3 is 2.71 bits per heavy atom. The van der Waals surface area contributed by atoms with Crippen molar-refractivity contribution in [3.63, 3.8) is 0 Å². The van der Waals surface area contributed by atoms with Gasteiger partial charge in [0.05, 0.1) is 0 Å². The number of hydrogen-bond donors (Lipinski definition) is 2. The number of benzene rings is 1. The molecule has 0 amide bonds. The Labute approximate surface area is 82.5 Å². The van der Waals surface area contributed by atoms with E-state index < -0.39 is 5.82 Å². The van der Waals surface area contributed by atoms with Crippen molar-refractivity contribution in [2.75, 3.05) is 0 Å². The summed E-state index contributed by atoms with van der Waals surface area (Å²) >= 11 is 0. The van der Waals surface area contributed by atoms with Crippen LogP contribution in [0.2, 0.25) is 0 Å². The van der Waals surface area contributed by atoms with Crippen LogP contribution in [0.5, 0.6) is 5.75 Å². The van der Waals surface area contributed by atoms with Crippen LogP contribution in [0, 0.1) is 5.82 Å². The second kappa shape index (κ2) is 3.58. The number of rotatable bonds is 1. The number of halogens is 1. The standard InChI is InChI=1S/C11H14FNO/c12-9-6-7(4-5-11(9)14)8-2-1-3-10(8)13/h4-6,8,10,14H,1-3,13H2. The molecule has 0 aromatic heterocycles. The number of phenolic OH excluding ortho intramolecular Hbond substituents is 1. The first-order valence-corrected chi connectivity index (χ1v) is 4.92. The van der Waals surface area contributed by atoms with Crippen LogP contribution < -0.4 is 5.73 Å². The Balaban J connectivity index is 2.28. The molecule has 2 atom stereocenters. The van der Waals surface area contributed by atoms with Gasteiger partial charge in [-0.25, -0.2) is 4.39 Å². The molecule has 14 heavy (non-hydrogen) atoms. The maximum Gasteiger partial charge on any atom is 0.165 e. The first-order chi connectivity index (χ1) is 6.68. The summed E-state index contributed by atoms with van der Waals surface area (Å²) in [4.78, 5) is 0. The van der Waals surface area contributed by atoms with E-state index in [4.69, 9.17) is 10.8 Å². The van der Waals surface area contributed by atoms with E-state index in [9.17, 15) is 4.39 Å². The number of aromatic hydroxyl groups is 1. The maximum atomic E-state index is 13.1. The highest BCUT2D eigenvalue weighted by Crippen LogP contribution is 2.34. The molecule has 2 unspecified atom stereocenters. The second-order valence-electron chi connectivity index (χ2n) is 3.91. The van der Waals surface area contributed by atoms with Crippen LogP contribution >= 0.6 is 0 Å². The molecule has 1 aliphatic carbocycles. The summed E-state index contributed by atoms with van der Waals surface area (Å²) in [6.07, 6.45) is 3.13. The van der Waals surface area contributed by atoms with Gasteiger partial charge >= 0.3 is 0 Å². The van der Waals surface area contributed by atoms with Crippen LogP contribution in [0.25, 0.3) is 0 Å². The molecule has 1 saturated carbocycles. The Morgan fingerprint density at radius 1 is 1.36 bits per heavy atom. The molecule has 1 aromatic carbocycles. The van der Waals surface area contributed by atoms with Gasteiger partial charge in [-0.2, -0.15) is 0 Å². The van der Waals surface area contributed by atoms with Gasteiger partial charge in [-0.1, -0.05) is 12.5 Å². The minimum absolute atomic E-state index is 0.138. The molecule has 0 radical (unpaired) electrons. The fourth-order valence-electron chi connectivity index (χ4n) is 2.16. The Morgan fingerprint density at radius 2 is 2.14 bits per heavy atom. The average Bonchev–Trinajstić information content (AvgIpc) is 2.57. The van der Waals surface area contributed by atoms with Gasteiger partial charge in [0.15, 0.2) is 11.6 Å². The minimum atomic E-state index is -0.554. The van der Waals surface area contributed by atoms with E-state index >= 15 is 0 Å². The molecule has 1 fully saturated rings.